The van der Waals surface area contributed by atoms with Crippen molar-refractivity contribution in [3.05, 3.63) is 0 Å². The zero-order valence-corrected chi connectivity index (χ0v) is 6.27. The number of alkyl halides is 2. The van der Waals surface area contributed by atoms with Gasteiger partial charge in [0.15, 0.2) is 0 Å². The van der Waals surface area contributed by atoms with Gasteiger partial charge in [-0.3, -0.25) is 9.13 Å². The summed E-state index contributed by atoms with van der Waals surface area (Å²) in [4.78, 5) is 0. The Hall–Kier alpha value is 0.780. The molecule has 0 amide bonds. The van der Waals surface area contributed by atoms with Crippen molar-refractivity contribution in [1.82, 2.24) is 0 Å². The Bertz CT molecular complexity index is 81.7. The molecule has 0 rings (SSSR count). The van der Waals surface area contributed by atoms with Gasteiger partial charge < -0.3 is 0 Å². The maximum atomic E-state index is 9.68. The molecule has 7 heavy (non-hydrogen) atoms. The topological polar surface area (TPSA) is 34.1 Å². The predicted molar refractivity (Wildman–Crippen MR) is 29.7 cm³/mol. The second-order valence-electron chi connectivity index (χ2n) is 0.692. The van der Waals surface area contributed by atoms with Crippen molar-refractivity contribution in [2.75, 3.05) is 0 Å². The van der Waals surface area contributed by atoms with E-state index in [0.717, 1.165) is 0 Å². The summed E-state index contributed by atoms with van der Waals surface area (Å²) in [6.45, 7) is 0. The minimum absolute atomic E-state index is 0.538. The molecular weight excluding hydrogens is 177 g/mol. The number of rotatable bonds is 2. The Morgan fingerprint density at radius 3 is 1.43 bits per heavy atom. The van der Waals surface area contributed by atoms with Crippen molar-refractivity contribution in [3.8, 4) is 0 Å². The summed E-state index contributed by atoms with van der Waals surface area (Å²) in [7, 11) is -1.08. The zero-order valence-electron chi connectivity index (χ0n) is 2.97. The zero-order chi connectivity index (χ0) is 5.91. The second kappa shape index (κ2) is 2.94. The number of hydrogen-bond donors (Lipinski definition) is 0. The molecule has 0 saturated carbocycles. The van der Waals surface area contributed by atoms with Crippen LogP contribution in [0.15, 0.2) is 0 Å². The molecule has 0 atom stereocenters. The lowest BCUT2D eigenvalue weighted by molar-refractivity contribution is 0.591. The van der Waals surface area contributed by atoms with Gasteiger partial charge in [-0.05, 0) is 0 Å². The Balaban J connectivity index is 3.82. The van der Waals surface area contributed by atoms with Crippen LogP contribution in [0.4, 0.5) is 0 Å². The van der Waals surface area contributed by atoms with Crippen LogP contribution in [0.5, 0.6) is 0 Å². The first-order valence-corrected chi connectivity index (χ1v) is 3.57. The summed E-state index contributed by atoms with van der Waals surface area (Å²) in [6, 6.07) is 0. The highest BCUT2D eigenvalue weighted by Gasteiger charge is 2.24. The SMILES string of the molecule is O=PC(Cl)(Cl)P=O. The van der Waals surface area contributed by atoms with E-state index in [1.54, 1.807) is 0 Å². The first kappa shape index (κ1) is 7.78. The molecule has 0 fully saturated rings. The molecule has 0 spiro atoms. The van der Waals surface area contributed by atoms with Gasteiger partial charge in [0.1, 0.15) is 0 Å². The van der Waals surface area contributed by atoms with Crippen LogP contribution >= 0.6 is 40.1 Å². The van der Waals surface area contributed by atoms with Crippen molar-refractivity contribution < 1.29 is 9.13 Å². The Morgan fingerprint density at radius 2 is 1.43 bits per heavy atom. The third-order valence-corrected chi connectivity index (χ3v) is 1.98. The fourth-order valence-corrected chi connectivity index (χ4v) is 0.150. The molecule has 0 bridgehead atoms. The summed E-state index contributed by atoms with van der Waals surface area (Å²) in [6.07, 6.45) is 0. The quantitative estimate of drug-likeness (QED) is 0.479. The first-order chi connectivity index (χ1) is 3.12. The molecule has 40 valence electrons. The van der Waals surface area contributed by atoms with Gasteiger partial charge >= 0.3 is 0 Å². The van der Waals surface area contributed by atoms with Gasteiger partial charge in [0.25, 0.3) is 3.82 Å². The van der Waals surface area contributed by atoms with Gasteiger partial charge in [-0.1, -0.05) is 23.2 Å². The van der Waals surface area contributed by atoms with Crippen molar-refractivity contribution in [2.24, 2.45) is 0 Å². The minimum atomic E-state index is -1.64. The summed E-state index contributed by atoms with van der Waals surface area (Å²) < 4.78 is 17.7. The number of halogens is 2. The van der Waals surface area contributed by atoms with Gasteiger partial charge in [-0.15, -0.1) is 0 Å². The Kier molecular flexibility index (Phi) is 3.27. The van der Waals surface area contributed by atoms with Crippen LogP contribution in [0, 0.1) is 0 Å². The standard InChI is InChI=1S/CCl2O2P2/c2-1(3,6-4)7-5. The van der Waals surface area contributed by atoms with Crippen LogP contribution in [0.25, 0.3) is 0 Å². The van der Waals surface area contributed by atoms with Crippen LogP contribution in [0.3, 0.4) is 0 Å². The van der Waals surface area contributed by atoms with Gasteiger partial charge in [-0.25, -0.2) is 0 Å². The summed E-state index contributed by atoms with van der Waals surface area (Å²) in [5.74, 6) is 0. The summed E-state index contributed by atoms with van der Waals surface area (Å²) in [5.41, 5.74) is 0. The summed E-state index contributed by atoms with van der Waals surface area (Å²) in [5, 5.41) is 0. The lowest BCUT2D eigenvalue weighted by Crippen LogP contribution is -1.83. The van der Waals surface area contributed by atoms with Crippen LogP contribution in [0.1, 0.15) is 0 Å². The predicted octanol–water partition coefficient (Wildman–Crippen LogP) is 2.66. The van der Waals surface area contributed by atoms with Crippen molar-refractivity contribution in [2.45, 2.75) is 3.82 Å². The van der Waals surface area contributed by atoms with Gasteiger partial charge in [0.05, 0.1) is 0 Å². The smallest absolute Gasteiger partial charge is 0.271 e. The van der Waals surface area contributed by atoms with E-state index in [9.17, 15) is 9.13 Å². The normalized spacial score (nSPS) is 12.9. The average Bonchev–Trinajstić information content (AvgIpc) is 1.68. The maximum Gasteiger partial charge on any atom is 0.275 e. The van der Waals surface area contributed by atoms with E-state index in [0.29, 0.717) is 0 Å². The average molecular weight is 177 g/mol. The van der Waals surface area contributed by atoms with E-state index < -0.39 is 20.7 Å². The van der Waals surface area contributed by atoms with Gasteiger partial charge in [0, 0.05) is 0 Å². The largest absolute Gasteiger partial charge is 0.275 e. The molecule has 0 heterocycles. The molecule has 0 saturated heterocycles. The van der Waals surface area contributed by atoms with Crippen molar-refractivity contribution in [1.29, 1.82) is 0 Å². The second-order valence-corrected chi connectivity index (χ2v) is 5.13. The monoisotopic (exact) mass is 176 g/mol. The molecule has 0 aliphatic rings. The van der Waals surface area contributed by atoms with Crippen LogP contribution in [-0.2, 0) is 9.13 Å². The number of hydrogen-bond acceptors (Lipinski definition) is 2. The molecule has 0 radical (unpaired) electrons. The van der Waals surface area contributed by atoms with Crippen LogP contribution < -0.4 is 0 Å². The molecule has 0 aromatic rings. The van der Waals surface area contributed by atoms with Crippen LogP contribution in [0.2, 0.25) is 0 Å². The Morgan fingerprint density at radius 1 is 1.14 bits per heavy atom. The summed E-state index contributed by atoms with van der Waals surface area (Å²) >= 11 is 10.0. The van der Waals surface area contributed by atoms with E-state index in [-0.39, 0.29) is 0 Å². The molecule has 0 aromatic heterocycles. The Labute approximate surface area is 53.6 Å². The highest BCUT2D eigenvalue weighted by atomic mass is 35.5. The molecule has 0 unspecified atom stereocenters. The van der Waals surface area contributed by atoms with Gasteiger partial charge in [0.2, 0.25) is 16.9 Å². The highest BCUT2D eigenvalue weighted by Crippen LogP contribution is 2.42. The molecule has 0 aliphatic heterocycles. The van der Waals surface area contributed by atoms with Crippen molar-refractivity contribution in [3.63, 3.8) is 0 Å². The third-order valence-electron chi connectivity index (χ3n) is 0.220. The molecule has 2 nitrogen and oxygen atoms in total. The lowest BCUT2D eigenvalue weighted by Gasteiger charge is -1.91. The van der Waals surface area contributed by atoms with E-state index in [2.05, 4.69) is 0 Å². The molecule has 0 aliphatic carbocycles. The molecule has 0 N–H and O–H groups in total. The van der Waals surface area contributed by atoms with E-state index in [1.165, 1.54) is 0 Å². The molecule has 6 heteroatoms. The molecular formula is CCl2O2P2. The van der Waals surface area contributed by atoms with Gasteiger partial charge in [-0.2, -0.15) is 0 Å². The van der Waals surface area contributed by atoms with E-state index in [4.69, 9.17) is 23.2 Å². The minimum Gasteiger partial charge on any atom is -0.271 e. The third kappa shape index (κ3) is 3.37. The van der Waals surface area contributed by atoms with Crippen LogP contribution in [-0.4, -0.2) is 3.82 Å². The van der Waals surface area contributed by atoms with E-state index in [1.807, 2.05) is 0 Å². The first-order valence-electron chi connectivity index (χ1n) is 1.19. The fourth-order valence-electron chi connectivity index (χ4n) is 0.0167. The van der Waals surface area contributed by atoms with Crippen molar-refractivity contribution >= 4 is 40.1 Å². The molecule has 0 aromatic carbocycles. The lowest BCUT2D eigenvalue weighted by atomic mass is 11.8. The maximum absolute atomic E-state index is 9.68. The van der Waals surface area contributed by atoms with E-state index >= 15 is 0 Å². The highest BCUT2D eigenvalue weighted by molar-refractivity contribution is 7.55. The fraction of sp³-hybridized carbons (Fsp3) is 1.00.